The van der Waals surface area contributed by atoms with E-state index in [4.69, 9.17) is 9.47 Å². The summed E-state index contributed by atoms with van der Waals surface area (Å²) in [5, 5.41) is 2.96. The SMILES string of the molecule is CCOC(=O)c1cc(NC(=O)C2(c3ccc(F)cc3)CCCC2)ccc1OC(C)C. The highest BCUT2D eigenvalue weighted by Crippen LogP contribution is 2.42. The van der Waals surface area contributed by atoms with Crippen molar-refractivity contribution in [3.8, 4) is 5.75 Å². The number of benzene rings is 2. The summed E-state index contributed by atoms with van der Waals surface area (Å²) in [5.41, 5.74) is 0.868. The number of carbonyl (C=O) groups excluding carboxylic acids is 2. The van der Waals surface area contributed by atoms with Gasteiger partial charge in [-0.2, -0.15) is 0 Å². The summed E-state index contributed by atoms with van der Waals surface area (Å²) in [6.07, 6.45) is 3.15. The van der Waals surface area contributed by atoms with E-state index < -0.39 is 11.4 Å². The summed E-state index contributed by atoms with van der Waals surface area (Å²) in [5.74, 6) is -0.569. The fraction of sp³-hybridized carbons (Fsp3) is 0.417. The second kappa shape index (κ2) is 9.28. The van der Waals surface area contributed by atoms with Crippen molar-refractivity contribution in [2.45, 2.75) is 58.0 Å². The average Bonchev–Trinajstić information content (AvgIpc) is 3.20. The molecule has 1 aliphatic carbocycles. The van der Waals surface area contributed by atoms with Crippen molar-refractivity contribution in [3.63, 3.8) is 0 Å². The Morgan fingerprint density at radius 2 is 1.77 bits per heavy atom. The van der Waals surface area contributed by atoms with Crippen molar-refractivity contribution in [1.82, 2.24) is 0 Å². The molecule has 1 N–H and O–H groups in total. The van der Waals surface area contributed by atoms with Crippen LogP contribution in [0.4, 0.5) is 10.1 Å². The van der Waals surface area contributed by atoms with Gasteiger partial charge >= 0.3 is 5.97 Å². The summed E-state index contributed by atoms with van der Waals surface area (Å²) in [4.78, 5) is 25.7. The van der Waals surface area contributed by atoms with Gasteiger partial charge in [0.15, 0.2) is 0 Å². The third kappa shape index (κ3) is 4.64. The quantitative estimate of drug-likeness (QED) is 0.631. The van der Waals surface area contributed by atoms with Crippen molar-refractivity contribution >= 4 is 17.6 Å². The highest BCUT2D eigenvalue weighted by atomic mass is 19.1. The molecule has 30 heavy (non-hydrogen) atoms. The summed E-state index contributed by atoms with van der Waals surface area (Å²) < 4.78 is 24.3. The molecule has 160 valence electrons. The maximum atomic E-state index is 13.4. The smallest absolute Gasteiger partial charge is 0.341 e. The van der Waals surface area contributed by atoms with Gasteiger partial charge in [0, 0.05) is 5.69 Å². The maximum absolute atomic E-state index is 13.4. The monoisotopic (exact) mass is 413 g/mol. The van der Waals surface area contributed by atoms with E-state index in [2.05, 4.69) is 5.32 Å². The predicted octanol–water partition coefficient (Wildman–Crippen LogP) is 5.24. The molecule has 1 amide bonds. The van der Waals surface area contributed by atoms with E-state index in [9.17, 15) is 14.0 Å². The fourth-order valence-electron chi connectivity index (χ4n) is 3.98. The van der Waals surface area contributed by atoms with Crippen LogP contribution in [0.5, 0.6) is 5.75 Å². The summed E-state index contributed by atoms with van der Waals surface area (Å²) >= 11 is 0. The molecule has 3 rings (SSSR count). The van der Waals surface area contributed by atoms with Gasteiger partial charge in [0.1, 0.15) is 17.1 Å². The molecule has 2 aromatic carbocycles. The van der Waals surface area contributed by atoms with Gasteiger partial charge in [-0.3, -0.25) is 4.79 Å². The molecule has 5 nitrogen and oxygen atoms in total. The van der Waals surface area contributed by atoms with E-state index >= 15 is 0 Å². The molecule has 0 atom stereocenters. The molecule has 0 unspecified atom stereocenters. The number of amides is 1. The fourth-order valence-corrected chi connectivity index (χ4v) is 3.98. The van der Waals surface area contributed by atoms with E-state index in [1.165, 1.54) is 12.1 Å². The standard InChI is InChI=1S/C24H28FNO4/c1-4-29-22(27)20-15-19(11-12-21(20)30-16(2)3)26-23(28)24(13-5-6-14-24)17-7-9-18(25)10-8-17/h7-12,15-16H,4-6,13-14H2,1-3H3,(H,26,28). The van der Waals surface area contributed by atoms with Gasteiger partial charge in [0.05, 0.1) is 18.1 Å². The maximum Gasteiger partial charge on any atom is 0.341 e. The van der Waals surface area contributed by atoms with Crippen LogP contribution in [0.3, 0.4) is 0 Å². The molecule has 1 aliphatic rings. The van der Waals surface area contributed by atoms with Crippen LogP contribution in [0.15, 0.2) is 42.5 Å². The van der Waals surface area contributed by atoms with Crippen molar-refractivity contribution in [1.29, 1.82) is 0 Å². The third-order valence-electron chi connectivity index (χ3n) is 5.38. The number of rotatable bonds is 7. The van der Waals surface area contributed by atoms with Crippen molar-refractivity contribution in [3.05, 3.63) is 59.4 Å². The zero-order valence-electron chi connectivity index (χ0n) is 17.7. The highest BCUT2D eigenvalue weighted by Gasteiger charge is 2.42. The van der Waals surface area contributed by atoms with Gasteiger partial charge in [-0.25, -0.2) is 9.18 Å². The molecule has 6 heteroatoms. The Hall–Kier alpha value is -2.89. The van der Waals surface area contributed by atoms with Gasteiger partial charge in [0.25, 0.3) is 0 Å². The first kappa shape index (κ1) is 21.8. The molecule has 1 saturated carbocycles. The second-order valence-electron chi connectivity index (χ2n) is 7.85. The Morgan fingerprint density at radius 1 is 1.10 bits per heavy atom. The Labute approximate surface area is 176 Å². The van der Waals surface area contributed by atoms with Crippen LogP contribution < -0.4 is 10.1 Å². The number of nitrogens with one attached hydrogen (secondary N) is 1. The number of ether oxygens (including phenoxy) is 2. The number of esters is 1. The van der Waals surface area contributed by atoms with Gasteiger partial charge in [-0.05, 0) is 69.5 Å². The summed E-state index contributed by atoms with van der Waals surface area (Å²) in [6.45, 7) is 5.72. The normalized spacial score (nSPS) is 15.1. The van der Waals surface area contributed by atoms with Crippen LogP contribution in [-0.4, -0.2) is 24.6 Å². The molecule has 0 bridgehead atoms. The van der Waals surface area contributed by atoms with Crippen LogP contribution in [0.25, 0.3) is 0 Å². The van der Waals surface area contributed by atoms with Crippen molar-refractivity contribution in [2.75, 3.05) is 11.9 Å². The third-order valence-corrected chi connectivity index (χ3v) is 5.38. The first-order valence-corrected chi connectivity index (χ1v) is 10.4. The molecule has 1 fully saturated rings. The number of halogens is 1. The van der Waals surface area contributed by atoms with Crippen LogP contribution in [-0.2, 0) is 14.9 Å². The number of carbonyl (C=O) groups is 2. The van der Waals surface area contributed by atoms with Gasteiger partial charge in [-0.15, -0.1) is 0 Å². The van der Waals surface area contributed by atoms with Gasteiger partial charge < -0.3 is 14.8 Å². The second-order valence-corrected chi connectivity index (χ2v) is 7.85. The van der Waals surface area contributed by atoms with E-state index in [0.29, 0.717) is 24.3 Å². The number of anilines is 1. The van der Waals surface area contributed by atoms with Crippen molar-refractivity contribution in [2.24, 2.45) is 0 Å². The van der Waals surface area contributed by atoms with Crippen molar-refractivity contribution < 1.29 is 23.5 Å². The molecular formula is C24H28FNO4. The van der Waals surface area contributed by atoms with E-state index in [0.717, 1.165) is 18.4 Å². The molecule has 0 aromatic heterocycles. The predicted molar refractivity (Wildman–Crippen MR) is 113 cm³/mol. The largest absolute Gasteiger partial charge is 0.490 e. The minimum absolute atomic E-state index is 0.112. The van der Waals surface area contributed by atoms with Crippen LogP contribution in [0, 0.1) is 5.82 Å². The summed E-state index contributed by atoms with van der Waals surface area (Å²) in [6, 6.07) is 11.1. The Morgan fingerprint density at radius 3 is 2.37 bits per heavy atom. The van der Waals surface area contributed by atoms with Crippen LogP contribution in [0.2, 0.25) is 0 Å². The topological polar surface area (TPSA) is 64.6 Å². The van der Waals surface area contributed by atoms with Gasteiger partial charge in [0.2, 0.25) is 5.91 Å². The number of hydrogen-bond acceptors (Lipinski definition) is 4. The molecule has 2 aromatic rings. The first-order chi connectivity index (χ1) is 14.4. The molecule has 0 aliphatic heterocycles. The summed E-state index contributed by atoms with van der Waals surface area (Å²) in [7, 11) is 0. The molecule has 0 radical (unpaired) electrons. The first-order valence-electron chi connectivity index (χ1n) is 10.4. The van der Waals surface area contributed by atoms with E-state index in [1.807, 2.05) is 13.8 Å². The molecule has 0 saturated heterocycles. The van der Waals surface area contributed by atoms with E-state index in [-0.39, 0.29) is 30.0 Å². The molecule has 0 heterocycles. The van der Waals surface area contributed by atoms with Crippen LogP contribution >= 0.6 is 0 Å². The molecule has 0 spiro atoms. The lowest BCUT2D eigenvalue weighted by Gasteiger charge is -2.28. The lowest BCUT2D eigenvalue weighted by atomic mass is 9.78. The highest BCUT2D eigenvalue weighted by molar-refractivity contribution is 6.01. The Balaban J connectivity index is 1.90. The van der Waals surface area contributed by atoms with E-state index in [1.54, 1.807) is 37.3 Å². The zero-order chi connectivity index (χ0) is 21.7. The minimum Gasteiger partial charge on any atom is -0.490 e. The number of hydrogen-bond donors (Lipinski definition) is 1. The lowest BCUT2D eigenvalue weighted by Crippen LogP contribution is -2.38. The zero-order valence-corrected chi connectivity index (χ0v) is 17.7. The van der Waals surface area contributed by atoms with Gasteiger partial charge in [-0.1, -0.05) is 25.0 Å². The minimum atomic E-state index is -0.703. The Bertz CT molecular complexity index is 902. The average molecular weight is 413 g/mol. The lowest BCUT2D eigenvalue weighted by molar-refractivity contribution is -0.121. The van der Waals surface area contributed by atoms with Crippen LogP contribution in [0.1, 0.15) is 62.4 Å². The molecular weight excluding hydrogens is 385 g/mol. The Kier molecular flexibility index (Phi) is 6.75.